The van der Waals surface area contributed by atoms with Crippen molar-refractivity contribution < 1.29 is 19.8 Å². The van der Waals surface area contributed by atoms with Gasteiger partial charge in [0.1, 0.15) is 10.1 Å². The number of benzene rings is 1. The van der Waals surface area contributed by atoms with Crippen molar-refractivity contribution in [3.63, 3.8) is 0 Å². The molecule has 0 unspecified atom stereocenters. The highest BCUT2D eigenvalue weighted by Crippen LogP contribution is 2.33. The van der Waals surface area contributed by atoms with Crippen molar-refractivity contribution in [2.45, 2.75) is 26.7 Å². The third-order valence-corrected chi connectivity index (χ3v) is 4.83. The van der Waals surface area contributed by atoms with Gasteiger partial charge in [-0.15, -0.1) is 0 Å². The molecular formula is C16H17NO4S2. The number of hydrogen-bond donors (Lipinski definition) is 2. The number of hydrogen-bond acceptors (Lipinski definition) is 5. The highest BCUT2D eigenvalue weighted by molar-refractivity contribution is 8.26. The molecule has 5 nitrogen and oxygen atoms in total. The first-order chi connectivity index (χ1) is 10.8. The number of phenols is 1. The van der Waals surface area contributed by atoms with Gasteiger partial charge in [-0.05, 0) is 55.2 Å². The number of rotatable bonds is 5. The molecule has 0 saturated carbocycles. The van der Waals surface area contributed by atoms with Gasteiger partial charge in [-0.1, -0.05) is 24.0 Å². The normalized spacial score (nSPS) is 16.4. The maximum atomic E-state index is 12.4. The molecule has 0 aromatic heterocycles. The minimum Gasteiger partial charge on any atom is -0.507 e. The molecule has 2 rings (SSSR count). The van der Waals surface area contributed by atoms with E-state index in [2.05, 4.69) is 0 Å². The van der Waals surface area contributed by atoms with Crippen LogP contribution in [0.1, 0.15) is 29.5 Å². The van der Waals surface area contributed by atoms with Gasteiger partial charge < -0.3 is 10.2 Å². The van der Waals surface area contributed by atoms with E-state index in [0.717, 1.165) is 16.7 Å². The van der Waals surface area contributed by atoms with E-state index >= 15 is 0 Å². The number of amides is 1. The number of thiocarbonyl (C=S) groups is 1. The maximum absolute atomic E-state index is 12.4. The van der Waals surface area contributed by atoms with Gasteiger partial charge in [-0.2, -0.15) is 0 Å². The highest BCUT2D eigenvalue weighted by Gasteiger charge is 2.31. The monoisotopic (exact) mass is 351 g/mol. The second kappa shape index (κ2) is 7.14. The van der Waals surface area contributed by atoms with Crippen molar-refractivity contribution in [3.05, 3.63) is 33.7 Å². The predicted molar refractivity (Wildman–Crippen MR) is 94.3 cm³/mol. The third-order valence-electron chi connectivity index (χ3n) is 3.46. The minimum atomic E-state index is -0.888. The predicted octanol–water partition coefficient (Wildman–Crippen LogP) is 3.08. The van der Waals surface area contributed by atoms with Crippen molar-refractivity contribution in [2.75, 3.05) is 6.54 Å². The summed E-state index contributed by atoms with van der Waals surface area (Å²) in [7, 11) is 0. The molecule has 1 aromatic rings. The lowest BCUT2D eigenvalue weighted by Gasteiger charge is -2.13. The first-order valence-electron chi connectivity index (χ1n) is 7.07. The molecule has 0 radical (unpaired) electrons. The van der Waals surface area contributed by atoms with Crippen LogP contribution >= 0.6 is 24.0 Å². The standard InChI is InChI=1S/C16H17NO4S2/c1-9-6-11(7-10(2)14(9)20)8-12-15(21)17(16(22)23-12)5-3-4-13(18)19/h6-8,20H,3-5H2,1-2H3,(H,18,19)/b12-8-. The Morgan fingerprint density at radius 1 is 1.35 bits per heavy atom. The summed E-state index contributed by atoms with van der Waals surface area (Å²) < 4.78 is 0.443. The fourth-order valence-electron chi connectivity index (χ4n) is 2.31. The van der Waals surface area contributed by atoms with Crippen molar-refractivity contribution in [1.29, 1.82) is 0 Å². The van der Waals surface area contributed by atoms with Crippen LogP contribution in [0.3, 0.4) is 0 Å². The number of aliphatic carboxylic acids is 1. The Labute approximate surface area is 144 Å². The molecule has 1 aliphatic rings. The van der Waals surface area contributed by atoms with E-state index in [1.165, 1.54) is 16.7 Å². The van der Waals surface area contributed by atoms with Crippen LogP contribution in [0.15, 0.2) is 17.0 Å². The summed E-state index contributed by atoms with van der Waals surface area (Å²) >= 11 is 6.41. The molecule has 23 heavy (non-hydrogen) atoms. The van der Waals surface area contributed by atoms with Gasteiger partial charge in [-0.25, -0.2) is 0 Å². The fourth-order valence-corrected chi connectivity index (χ4v) is 3.61. The van der Waals surface area contributed by atoms with Gasteiger partial charge in [0.25, 0.3) is 5.91 Å². The van der Waals surface area contributed by atoms with Crippen LogP contribution in [0.2, 0.25) is 0 Å². The summed E-state index contributed by atoms with van der Waals surface area (Å²) in [6.07, 6.45) is 2.12. The molecule has 1 heterocycles. The number of carboxylic acid groups (broad SMARTS) is 1. The lowest BCUT2D eigenvalue weighted by Crippen LogP contribution is -2.29. The van der Waals surface area contributed by atoms with E-state index in [1.807, 2.05) is 0 Å². The quantitative estimate of drug-likeness (QED) is 0.627. The molecule has 0 atom stereocenters. The number of aryl methyl sites for hydroxylation is 2. The number of thioether (sulfide) groups is 1. The summed E-state index contributed by atoms with van der Waals surface area (Å²) in [6, 6.07) is 3.61. The second-order valence-electron chi connectivity index (χ2n) is 5.33. The molecule has 1 amide bonds. The van der Waals surface area contributed by atoms with Crippen molar-refractivity contribution >= 4 is 46.3 Å². The van der Waals surface area contributed by atoms with E-state index in [4.69, 9.17) is 17.3 Å². The van der Waals surface area contributed by atoms with Crippen LogP contribution in [0.25, 0.3) is 6.08 Å². The molecule has 0 bridgehead atoms. The third kappa shape index (κ3) is 4.11. The van der Waals surface area contributed by atoms with E-state index < -0.39 is 5.97 Å². The Kier molecular flexibility index (Phi) is 5.43. The second-order valence-corrected chi connectivity index (χ2v) is 7.01. The number of carbonyl (C=O) groups is 2. The van der Waals surface area contributed by atoms with E-state index in [9.17, 15) is 14.7 Å². The summed E-state index contributed by atoms with van der Waals surface area (Å²) in [4.78, 5) is 24.9. The molecule has 0 spiro atoms. The number of carboxylic acids is 1. The minimum absolute atomic E-state index is 0.00641. The van der Waals surface area contributed by atoms with Crippen molar-refractivity contribution in [2.24, 2.45) is 0 Å². The summed E-state index contributed by atoms with van der Waals surface area (Å²) in [6.45, 7) is 3.91. The lowest BCUT2D eigenvalue weighted by atomic mass is 10.1. The zero-order valence-electron chi connectivity index (χ0n) is 12.8. The Hall–Kier alpha value is -1.86. The Bertz CT molecular complexity index is 689. The first kappa shape index (κ1) is 17.5. The zero-order valence-corrected chi connectivity index (χ0v) is 14.5. The van der Waals surface area contributed by atoms with Gasteiger partial charge in [-0.3, -0.25) is 14.5 Å². The number of nitrogens with zero attached hydrogens (tertiary/aromatic N) is 1. The van der Waals surface area contributed by atoms with Crippen molar-refractivity contribution in [1.82, 2.24) is 4.90 Å². The topological polar surface area (TPSA) is 77.8 Å². The van der Waals surface area contributed by atoms with Crippen LogP contribution in [-0.4, -0.2) is 37.9 Å². The van der Waals surface area contributed by atoms with Gasteiger partial charge >= 0.3 is 5.97 Å². The van der Waals surface area contributed by atoms with E-state index in [-0.39, 0.29) is 18.1 Å². The molecule has 2 N–H and O–H groups in total. The molecule has 1 fully saturated rings. The number of aromatic hydroxyl groups is 1. The van der Waals surface area contributed by atoms with Crippen LogP contribution < -0.4 is 0 Å². The molecule has 0 aliphatic carbocycles. The Morgan fingerprint density at radius 2 is 1.96 bits per heavy atom. The SMILES string of the molecule is Cc1cc(/C=C2\SC(=S)N(CCCC(=O)O)C2=O)cc(C)c1O. The maximum Gasteiger partial charge on any atom is 0.303 e. The highest BCUT2D eigenvalue weighted by atomic mass is 32.2. The fraction of sp³-hybridized carbons (Fsp3) is 0.312. The number of carbonyl (C=O) groups excluding carboxylic acids is 1. The zero-order chi connectivity index (χ0) is 17.1. The first-order valence-corrected chi connectivity index (χ1v) is 8.29. The van der Waals surface area contributed by atoms with Crippen molar-refractivity contribution in [3.8, 4) is 5.75 Å². The van der Waals surface area contributed by atoms with Gasteiger partial charge in [0, 0.05) is 13.0 Å². The molecule has 122 valence electrons. The summed E-state index contributed by atoms with van der Waals surface area (Å²) in [5, 5.41) is 18.5. The summed E-state index contributed by atoms with van der Waals surface area (Å²) in [5.41, 5.74) is 2.31. The van der Waals surface area contributed by atoms with Crippen LogP contribution in [0, 0.1) is 13.8 Å². The average molecular weight is 351 g/mol. The molecule has 7 heteroatoms. The molecule has 1 aromatic carbocycles. The van der Waals surface area contributed by atoms with Crippen LogP contribution in [-0.2, 0) is 9.59 Å². The molecule has 1 saturated heterocycles. The number of phenolic OH excluding ortho intramolecular Hbond substituents is 1. The summed E-state index contributed by atoms with van der Waals surface area (Å²) in [5.74, 6) is -0.835. The lowest BCUT2D eigenvalue weighted by molar-refractivity contribution is -0.137. The average Bonchev–Trinajstić information content (AvgIpc) is 2.71. The largest absolute Gasteiger partial charge is 0.507 e. The van der Waals surface area contributed by atoms with E-state index in [0.29, 0.717) is 22.2 Å². The van der Waals surface area contributed by atoms with Crippen LogP contribution in [0.5, 0.6) is 5.75 Å². The van der Waals surface area contributed by atoms with Gasteiger partial charge in [0.15, 0.2) is 0 Å². The van der Waals surface area contributed by atoms with Gasteiger partial charge in [0.2, 0.25) is 0 Å². The van der Waals surface area contributed by atoms with E-state index in [1.54, 1.807) is 32.1 Å². The van der Waals surface area contributed by atoms with Crippen LogP contribution in [0.4, 0.5) is 0 Å². The molecular weight excluding hydrogens is 334 g/mol. The Balaban J connectivity index is 2.17. The molecule has 1 aliphatic heterocycles. The Morgan fingerprint density at radius 3 is 2.52 bits per heavy atom. The van der Waals surface area contributed by atoms with Gasteiger partial charge in [0.05, 0.1) is 4.91 Å². The smallest absolute Gasteiger partial charge is 0.303 e.